The Morgan fingerprint density at radius 3 is 2.54 bits per heavy atom. The average Bonchev–Trinajstić information content (AvgIpc) is 2.87. The molecule has 2 aliphatic rings. The van der Waals surface area contributed by atoms with Gasteiger partial charge in [0, 0.05) is 30.1 Å². The number of allylic oxidation sites excluding steroid dienone is 2. The molecule has 0 aromatic carbocycles. The van der Waals surface area contributed by atoms with E-state index in [9.17, 15) is 9.90 Å². The number of likely N-dealkylation sites (tertiary alicyclic amines) is 1. The van der Waals surface area contributed by atoms with E-state index >= 15 is 0 Å². The third kappa shape index (κ3) is 6.73. The van der Waals surface area contributed by atoms with E-state index in [1.165, 1.54) is 0 Å². The van der Waals surface area contributed by atoms with Gasteiger partial charge < -0.3 is 15.3 Å². The van der Waals surface area contributed by atoms with Crippen molar-refractivity contribution in [1.29, 1.82) is 0 Å². The number of aryl methyl sites for hydroxylation is 1. The smallest absolute Gasteiger partial charge is 0.225 e. The SMILES string of the molecule is C=C(S/C(=C\C)c1cccc(Nc2cc(C)ccn2)n1)C1CCN(C(=O)C2CCC(O)CC2)CC1. The predicted octanol–water partition coefficient (Wildman–Crippen LogP) is 5.93. The van der Waals surface area contributed by atoms with Gasteiger partial charge in [-0.3, -0.25) is 4.79 Å². The van der Waals surface area contributed by atoms with Gasteiger partial charge in [-0.05, 0) is 93.0 Å². The van der Waals surface area contributed by atoms with Crippen molar-refractivity contribution in [2.24, 2.45) is 11.8 Å². The molecule has 4 rings (SSSR count). The zero-order valence-corrected chi connectivity index (χ0v) is 21.6. The molecule has 2 aromatic rings. The highest BCUT2D eigenvalue weighted by Gasteiger charge is 2.31. The van der Waals surface area contributed by atoms with Crippen LogP contribution in [0.15, 0.2) is 54.1 Å². The lowest BCUT2D eigenvalue weighted by Crippen LogP contribution is -2.43. The van der Waals surface area contributed by atoms with Gasteiger partial charge >= 0.3 is 0 Å². The number of pyridine rings is 2. The molecular weight excluding hydrogens is 456 g/mol. The van der Waals surface area contributed by atoms with Crippen molar-refractivity contribution >= 4 is 34.2 Å². The summed E-state index contributed by atoms with van der Waals surface area (Å²) in [4.78, 5) is 26.3. The van der Waals surface area contributed by atoms with Gasteiger partial charge in [0.25, 0.3) is 0 Å². The zero-order chi connectivity index (χ0) is 24.8. The fourth-order valence-electron chi connectivity index (χ4n) is 4.86. The maximum atomic E-state index is 12.9. The minimum Gasteiger partial charge on any atom is -0.393 e. The summed E-state index contributed by atoms with van der Waals surface area (Å²) < 4.78 is 0. The Labute approximate surface area is 212 Å². The first kappa shape index (κ1) is 25.5. The summed E-state index contributed by atoms with van der Waals surface area (Å²) in [6.45, 7) is 10.0. The average molecular weight is 493 g/mol. The van der Waals surface area contributed by atoms with E-state index in [1.807, 2.05) is 49.1 Å². The van der Waals surface area contributed by atoms with Crippen LogP contribution in [0.2, 0.25) is 0 Å². The molecule has 0 radical (unpaired) electrons. The van der Waals surface area contributed by atoms with Crippen molar-refractivity contribution in [2.75, 3.05) is 18.4 Å². The van der Waals surface area contributed by atoms with Crippen LogP contribution >= 0.6 is 11.8 Å². The minimum atomic E-state index is -0.226. The Morgan fingerprint density at radius 1 is 1.11 bits per heavy atom. The van der Waals surface area contributed by atoms with Gasteiger partial charge in [0.15, 0.2) is 0 Å². The van der Waals surface area contributed by atoms with E-state index in [-0.39, 0.29) is 17.9 Å². The van der Waals surface area contributed by atoms with Crippen LogP contribution in [0.5, 0.6) is 0 Å². The van der Waals surface area contributed by atoms with Crippen molar-refractivity contribution in [3.63, 3.8) is 0 Å². The highest BCUT2D eigenvalue weighted by atomic mass is 32.2. The van der Waals surface area contributed by atoms with Crippen molar-refractivity contribution in [2.45, 2.75) is 58.5 Å². The summed E-state index contributed by atoms with van der Waals surface area (Å²) in [5, 5.41) is 13.0. The van der Waals surface area contributed by atoms with Gasteiger partial charge in [-0.1, -0.05) is 30.5 Å². The van der Waals surface area contributed by atoms with Crippen LogP contribution in [0.1, 0.15) is 56.7 Å². The van der Waals surface area contributed by atoms with E-state index in [2.05, 4.69) is 23.0 Å². The van der Waals surface area contributed by atoms with Crippen LogP contribution < -0.4 is 5.32 Å². The summed E-state index contributed by atoms with van der Waals surface area (Å²) in [5.41, 5.74) is 2.05. The molecule has 1 aliphatic heterocycles. The summed E-state index contributed by atoms with van der Waals surface area (Å²) >= 11 is 1.69. The molecule has 186 valence electrons. The predicted molar refractivity (Wildman–Crippen MR) is 144 cm³/mol. The number of aliphatic hydroxyl groups is 1. The second-order valence-corrected chi connectivity index (χ2v) is 10.7. The van der Waals surface area contributed by atoms with Gasteiger partial charge in [0.1, 0.15) is 11.6 Å². The Morgan fingerprint density at radius 2 is 1.86 bits per heavy atom. The summed E-state index contributed by atoms with van der Waals surface area (Å²) in [6, 6.07) is 9.93. The normalized spacial score (nSPS) is 21.6. The minimum absolute atomic E-state index is 0.0871. The Balaban J connectivity index is 1.32. The van der Waals surface area contributed by atoms with Crippen LogP contribution in [0, 0.1) is 18.8 Å². The van der Waals surface area contributed by atoms with Crippen LogP contribution in [0.25, 0.3) is 4.91 Å². The topological polar surface area (TPSA) is 78.4 Å². The molecule has 2 aromatic heterocycles. The molecule has 0 spiro atoms. The van der Waals surface area contributed by atoms with Crippen LogP contribution in [0.3, 0.4) is 0 Å². The number of thioether (sulfide) groups is 1. The standard InChI is InChI=1S/C28H36N4O2S/c1-4-25(24-6-5-7-26(30-24)31-27-18-19(2)12-15-29-27)35-20(3)21-13-16-32(17-14-21)28(34)22-8-10-23(33)11-9-22/h4-7,12,15,18,21-23,33H,3,8-11,13-14,16-17H2,1-2H3,(H,29,30,31)/b25-4-. The number of nitrogens with zero attached hydrogens (tertiary/aromatic N) is 3. The lowest BCUT2D eigenvalue weighted by atomic mass is 9.85. The third-order valence-corrected chi connectivity index (χ3v) is 8.24. The number of amides is 1. The fraction of sp³-hybridized carbons (Fsp3) is 0.464. The van der Waals surface area contributed by atoms with Gasteiger partial charge in [0.05, 0.1) is 11.8 Å². The molecule has 0 unspecified atom stereocenters. The van der Waals surface area contributed by atoms with Gasteiger partial charge in [-0.2, -0.15) is 0 Å². The first-order valence-electron chi connectivity index (χ1n) is 12.6. The van der Waals surface area contributed by atoms with Crippen LogP contribution in [0.4, 0.5) is 11.6 Å². The number of rotatable bonds is 7. The number of aliphatic hydroxyl groups excluding tert-OH is 1. The molecule has 6 nitrogen and oxygen atoms in total. The molecule has 0 atom stereocenters. The molecule has 2 N–H and O–H groups in total. The number of piperidine rings is 1. The van der Waals surface area contributed by atoms with Crippen molar-refractivity contribution < 1.29 is 9.90 Å². The highest BCUT2D eigenvalue weighted by Crippen LogP contribution is 2.40. The number of hydrogen-bond acceptors (Lipinski definition) is 6. The molecule has 1 amide bonds. The van der Waals surface area contributed by atoms with E-state index in [1.54, 1.807) is 18.0 Å². The molecule has 1 saturated heterocycles. The first-order chi connectivity index (χ1) is 16.9. The summed E-state index contributed by atoms with van der Waals surface area (Å²) in [7, 11) is 0. The quantitative estimate of drug-likeness (QED) is 0.499. The maximum absolute atomic E-state index is 12.9. The molecule has 35 heavy (non-hydrogen) atoms. The second-order valence-electron chi connectivity index (χ2n) is 9.58. The van der Waals surface area contributed by atoms with E-state index < -0.39 is 0 Å². The zero-order valence-electron chi connectivity index (χ0n) is 20.7. The molecular formula is C28H36N4O2S. The molecule has 1 saturated carbocycles. The first-order valence-corrected chi connectivity index (χ1v) is 13.4. The van der Waals surface area contributed by atoms with Gasteiger partial charge in [-0.25, -0.2) is 9.97 Å². The number of hydrogen-bond donors (Lipinski definition) is 2. The number of anilines is 2. The lowest BCUT2D eigenvalue weighted by Gasteiger charge is -2.36. The van der Waals surface area contributed by atoms with Crippen molar-refractivity contribution in [3.8, 4) is 0 Å². The number of aromatic nitrogens is 2. The lowest BCUT2D eigenvalue weighted by molar-refractivity contribution is -0.138. The van der Waals surface area contributed by atoms with E-state index in [0.717, 1.165) is 84.3 Å². The monoisotopic (exact) mass is 492 g/mol. The number of carbonyl (C=O) groups is 1. The largest absolute Gasteiger partial charge is 0.393 e. The second kappa shape index (κ2) is 11.9. The Bertz CT molecular complexity index is 1070. The van der Waals surface area contributed by atoms with Crippen molar-refractivity contribution in [3.05, 3.63) is 65.3 Å². The molecule has 7 heteroatoms. The van der Waals surface area contributed by atoms with E-state index in [4.69, 9.17) is 4.98 Å². The maximum Gasteiger partial charge on any atom is 0.225 e. The van der Waals surface area contributed by atoms with Crippen LogP contribution in [-0.4, -0.2) is 45.1 Å². The van der Waals surface area contributed by atoms with Crippen LogP contribution in [-0.2, 0) is 4.79 Å². The highest BCUT2D eigenvalue weighted by molar-refractivity contribution is 8.11. The van der Waals surface area contributed by atoms with Crippen molar-refractivity contribution in [1.82, 2.24) is 14.9 Å². The molecule has 1 aliphatic carbocycles. The molecule has 0 bridgehead atoms. The third-order valence-electron chi connectivity index (χ3n) is 6.98. The molecule has 2 fully saturated rings. The number of nitrogens with one attached hydrogen (secondary N) is 1. The fourth-order valence-corrected chi connectivity index (χ4v) is 5.88. The Hall–Kier alpha value is -2.64. The van der Waals surface area contributed by atoms with Gasteiger partial charge in [-0.15, -0.1) is 0 Å². The molecule has 3 heterocycles. The van der Waals surface area contributed by atoms with Gasteiger partial charge in [0.2, 0.25) is 5.91 Å². The van der Waals surface area contributed by atoms with E-state index in [0.29, 0.717) is 5.92 Å². The number of carbonyl (C=O) groups excluding carboxylic acids is 1. The summed E-state index contributed by atoms with van der Waals surface area (Å²) in [6.07, 6.45) is 8.66. The Kier molecular flexibility index (Phi) is 8.63. The summed E-state index contributed by atoms with van der Waals surface area (Å²) in [5.74, 6) is 2.28.